The van der Waals surface area contributed by atoms with Gasteiger partial charge in [0.25, 0.3) is 5.91 Å². The Labute approximate surface area is 136 Å². The van der Waals surface area contributed by atoms with Crippen LogP contribution in [-0.2, 0) is 0 Å². The molecule has 2 aromatic carbocycles. The van der Waals surface area contributed by atoms with Gasteiger partial charge < -0.3 is 10.2 Å². The van der Waals surface area contributed by atoms with Crippen LogP contribution in [0.15, 0.2) is 54.6 Å². The van der Waals surface area contributed by atoms with E-state index in [0.717, 1.165) is 19.5 Å². The van der Waals surface area contributed by atoms with Crippen LogP contribution in [0, 0.1) is 17.2 Å². The Morgan fingerprint density at radius 3 is 2.83 bits per heavy atom. The van der Waals surface area contributed by atoms with Crippen LogP contribution >= 0.6 is 0 Å². The quantitative estimate of drug-likeness (QED) is 0.945. The summed E-state index contributed by atoms with van der Waals surface area (Å²) >= 11 is 0. The molecule has 0 aromatic heterocycles. The standard InChI is InChI=1S/C19H19N3O/c20-12-15-5-4-6-17(11-15)19(23)21-13-16-9-10-22(14-16)18-7-2-1-3-8-18/h1-8,11,16H,9-10,13-14H2,(H,21,23). The van der Waals surface area contributed by atoms with Gasteiger partial charge in [0.2, 0.25) is 0 Å². The van der Waals surface area contributed by atoms with Crippen LogP contribution in [-0.4, -0.2) is 25.5 Å². The largest absolute Gasteiger partial charge is 0.371 e. The number of anilines is 1. The lowest BCUT2D eigenvalue weighted by Gasteiger charge is -2.18. The van der Waals surface area contributed by atoms with Gasteiger partial charge in [-0.2, -0.15) is 5.26 Å². The molecule has 1 N–H and O–H groups in total. The zero-order valence-electron chi connectivity index (χ0n) is 12.9. The van der Waals surface area contributed by atoms with Crippen molar-refractivity contribution in [2.45, 2.75) is 6.42 Å². The third-order valence-corrected chi connectivity index (χ3v) is 4.21. The highest BCUT2D eigenvalue weighted by Crippen LogP contribution is 2.23. The van der Waals surface area contributed by atoms with Gasteiger partial charge in [-0.1, -0.05) is 24.3 Å². The number of benzene rings is 2. The van der Waals surface area contributed by atoms with Gasteiger partial charge in [-0.3, -0.25) is 4.79 Å². The van der Waals surface area contributed by atoms with Gasteiger partial charge in [0.05, 0.1) is 11.6 Å². The van der Waals surface area contributed by atoms with Gasteiger partial charge in [0.15, 0.2) is 0 Å². The number of hydrogen-bond acceptors (Lipinski definition) is 3. The van der Waals surface area contributed by atoms with Crippen molar-refractivity contribution in [2.75, 3.05) is 24.5 Å². The zero-order valence-corrected chi connectivity index (χ0v) is 12.9. The Balaban J connectivity index is 1.53. The van der Waals surface area contributed by atoms with E-state index < -0.39 is 0 Å². The molecule has 0 bridgehead atoms. The topological polar surface area (TPSA) is 56.1 Å². The summed E-state index contributed by atoms with van der Waals surface area (Å²) in [5.74, 6) is 0.346. The maximum absolute atomic E-state index is 12.2. The molecule has 2 aromatic rings. The van der Waals surface area contributed by atoms with Crippen molar-refractivity contribution >= 4 is 11.6 Å². The lowest BCUT2D eigenvalue weighted by atomic mass is 10.1. The normalized spacial score (nSPS) is 16.8. The molecule has 1 fully saturated rings. The van der Waals surface area contributed by atoms with E-state index in [-0.39, 0.29) is 5.91 Å². The molecule has 4 heteroatoms. The number of para-hydroxylation sites is 1. The Morgan fingerprint density at radius 1 is 1.22 bits per heavy atom. The number of nitrogens with one attached hydrogen (secondary N) is 1. The molecule has 1 heterocycles. The lowest BCUT2D eigenvalue weighted by molar-refractivity contribution is 0.0948. The molecule has 1 saturated heterocycles. The predicted octanol–water partition coefficient (Wildman–Crippen LogP) is 2.81. The Hall–Kier alpha value is -2.80. The van der Waals surface area contributed by atoms with Crippen molar-refractivity contribution in [2.24, 2.45) is 5.92 Å². The molecule has 0 spiro atoms. The summed E-state index contributed by atoms with van der Waals surface area (Å²) in [5.41, 5.74) is 2.29. The molecule has 23 heavy (non-hydrogen) atoms. The molecule has 0 aliphatic carbocycles. The first kappa shape index (κ1) is 15.1. The molecule has 4 nitrogen and oxygen atoms in total. The minimum Gasteiger partial charge on any atom is -0.371 e. The van der Waals surface area contributed by atoms with E-state index in [4.69, 9.17) is 5.26 Å². The van der Waals surface area contributed by atoms with E-state index in [9.17, 15) is 4.79 Å². The van der Waals surface area contributed by atoms with Gasteiger partial charge in [-0.25, -0.2) is 0 Å². The Bertz CT molecular complexity index is 721. The molecule has 1 aliphatic rings. The molecular formula is C19H19N3O. The first-order chi connectivity index (χ1) is 11.3. The van der Waals surface area contributed by atoms with Gasteiger partial charge in [0, 0.05) is 30.9 Å². The molecule has 1 unspecified atom stereocenters. The minimum absolute atomic E-state index is 0.111. The lowest BCUT2D eigenvalue weighted by Crippen LogP contribution is -2.31. The summed E-state index contributed by atoms with van der Waals surface area (Å²) in [6.45, 7) is 2.65. The highest BCUT2D eigenvalue weighted by Gasteiger charge is 2.23. The highest BCUT2D eigenvalue weighted by atomic mass is 16.1. The molecule has 1 atom stereocenters. The van der Waals surface area contributed by atoms with Crippen molar-refractivity contribution < 1.29 is 4.79 Å². The summed E-state index contributed by atoms with van der Waals surface area (Å²) in [7, 11) is 0. The number of nitriles is 1. The number of hydrogen-bond donors (Lipinski definition) is 1. The third-order valence-electron chi connectivity index (χ3n) is 4.21. The second-order valence-corrected chi connectivity index (χ2v) is 5.84. The van der Waals surface area contributed by atoms with E-state index >= 15 is 0 Å². The van der Waals surface area contributed by atoms with Gasteiger partial charge in [0.1, 0.15) is 0 Å². The first-order valence-corrected chi connectivity index (χ1v) is 7.84. The van der Waals surface area contributed by atoms with Crippen LogP contribution in [0.3, 0.4) is 0 Å². The van der Waals surface area contributed by atoms with Crippen molar-refractivity contribution in [3.8, 4) is 6.07 Å². The monoisotopic (exact) mass is 305 g/mol. The van der Waals surface area contributed by atoms with E-state index in [1.807, 2.05) is 18.2 Å². The SMILES string of the molecule is N#Cc1cccc(C(=O)NCC2CCN(c3ccccc3)C2)c1. The fraction of sp³-hybridized carbons (Fsp3) is 0.263. The van der Waals surface area contributed by atoms with Gasteiger partial charge >= 0.3 is 0 Å². The van der Waals surface area contributed by atoms with Crippen LogP contribution in [0.5, 0.6) is 0 Å². The van der Waals surface area contributed by atoms with Crippen molar-refractivity contribution in [3.63, 3.8) is 0 Å². The molecule has 116 valence electrons. The number of carbonyl (C=O) groups is 1. The maximum Gasteiger partial charge on any atom is 0.251 e. The number of carbonyl (C=O) groups excluding carboxylic acids is 1. The van der Waals surface area contributed by atoms with Crippen LogP contribution < -0.4 is 10.2 Å². The zero-order chi connectivity index (χ0) is 16.1. The van der Waals surface area contributed by atoms with E-state index in [0.29, 0.717) is 23.6 Å². The van der Waals surface area contributed by atoms with E-state index in [1.54, 1.807) is 24.3 Å². The average Bonchev–Trinajstić information content (AvgIpc) is 3.09. The summed E-state index contributed by atoms with van der Waals surface area (Å²) in [4.78, 5) is 14.5. The number of rotatable bonds is 4. The molecular weight excluding hydrogens is 286 g/mol. The maximum atomic E-state index is 12.2. The third kappa shape index (κ3) is 3.70. The fourth-order valence-electron chi connectivity index (χ4n) is 2.94. The second kappa shape index (κ2) is 6.97. The van der Waals surface area contributed by atoms with Crippen LogP contribution in [0.25, 0.3) is 0 Å². The van der Waals surface area contributed by atoms with Gasteiger partial charge in [-0.15, -0.1) is 0 Å². The fourth-order valence-corrected chi connectivity index (χ4v) is 2.94. The van der Waals surface area contributed by atoms with Gasteiger partial charge in [-0.05, 0) is 42.7 Å². The van der Waals surface area contributed by atoms with Crippen molar-refractivity contribution in [1.29, 1.82) is 5.26 Å². The molecule has 1 aliphatic heterocycles. The summed E-state index contributed by atoms with van der Waals surface area (Å²) in [6, 6.07) is 19.2. The van der Waals surface area contributed by atoms with Crippen molar-refractivity contribution in [1.82, 2.24) is 5.32 Å². The average molecular weight is 305 g/mol. The number of amides is 1. The molecule has 0 radical (unpaired) electrons. The number of nitrogens with zero attached hydrogens (tertiary/aromatic N) is 2. The summed E-state index contributed by atoms with van der Waals surface area (Å²) < 4.78 is 0. The second-order valence-electron chi connectivity index (χ2n) is 5.84. The van der Waals surface area contributed by atoms with E-state index in [2.05, 4.69) is 28.4 Å². The summed E-state index contributed by atoms with van der Waals surface area (Å²) in [6.07, 6.45) is 1.08. The summed E-state index contributed by atoms with van der Waals surface area (Å²) in [5, 5.41) is 11.9. The Kier molecular flexibility index (Phi) is 4.58. The first-order valence-electron chi connectivity index (χ1n) is 7.84. The molecule has 3 rings (SSSR count). The Morgan fingerprint density at radius 2 is 2.04 bits per heavy atom. The predicted molar refractivity (Wildman–Crippen MR) is 90.3 cm³/mol. The van der Waals surface area contributed by atoms with Crippen LogP contribution in [0.2, 0.25) is 0 Å². The van der Waals surface area contributed by atoms with Crippen LogP contribution in [0.4, 0.5) is 5.69 Å². The van der Waals surface area contributed by atoms with Crippen molar-refractivity contribution in [3.05, 3.63) is 65.7 Å². The smallest absolute Gasteiger partial charge is 0.251 e. The molecule has 1 amide bonds. The molecule has 0 saturated carbocycles. The van der Waals surface area contributed by atoms with Crippen LogP contribution in [0.1, 0.15) is 22.3 Å². The highest BCUT2D eigenvalue weighted by molar-refractivity contribution is 5.94. The van der Waals surface area contributed by atoms with E-state index in [1.165, 1.54) is 5.69 Å². The minimum atomic E-state index is -0.111.